The molecule has 0 aliphatic carbocycles. The number of hydrogen-bond donors (Lipinski definition) is 2. The van der Waals surface area contributed by atoms with Gasteiger partial charge < -0.3 is 15.4 Å². The molecule has 1 aliphatic rings. The predicted molar refractivity (Wildman–Crippen MR) is 71.5 cm³/mol. The first kappa shape index (κ1) is 16.7. The molecule has 1 amide bonds. The molecule has 1 aliphatic heterocycles. The molecule has 1 saturated heterocycles. The molecule has 0 aromatic carbocycles. The van der Waals surface area contributed by atoms with Crippen LogP contribution < -0.4 is 10.6 Å². The molecule has 1 rings (SSSR count). The van der Waals surface area contributed by atoms with Crippen LogP contribution in [0.3, 0.4) is 0 Å². The van der Waals surface area contributed by atoms with Crippen LogP contribution in [0.25, 0.3) is 0 Å². The van der Waals surface area contributed by atoms with Crippen LogP contribution in [0.1, 0.15) is 33.6 Å². The van der Waals surface area contributed by atoms with Gasteiger partial charge in [0.15, 0.2) is 0 Å². The van der Waals surface area contributed by atoms with Crippen LogP contribution >= 0.6 is 12.4 Å². The van der Waals surface area contributed by atoms with E-state index in [0.717, 1.165) is 19.4 Å². The average molecular weight is 265 g/mol. The van der Waals surface area contributed by atoms with Crippen LogP contribution in [0, 0.1) is 5.92 Å². The minimum atomic E-state index is -0.312. The SMILES string of the molecule is CCC(C)CC(C)NC(=O)C1CNCCO1.Cl. The summed E-state index contributed by atoms with van der Waals surface area (Å²) in [6, 6.07) is 0.230. The highest BCUT2D eigenvalue weighted by Crippen LogP contribution is 2.09. The van der Waals surface area contributed by atoms with Gasteiger partial charge in [-0.15, -0.1) is 12.4 Å². The van der Waals surface area contributed by atoms with Crippen molar-refractivity contribution in [3.63, 3.8) is 0 Å². The van der Waals surface area contributed by atoms with E-state index < -0.39 is 0 Å². The van der Waals surface area contributed by atoms with Gasteiger partial charge in [-0.25, -0.2) is 0 Å². The molecular weight excluding hydrogens is 240 g/mol. The highest BCUT2D eigenvalue weighted by molar-refractivity contribution is 5.85. The number of ether oxygens (including phenoxy) is 1. The molecule has 0 radical (unpaired) electrons. The van der Waals surface area contributed by atoms with Crippen LogP contribution in [0.15, 0.2) is 0 Å². The Balaban J connectivity index is 0.00000256. The molecule has 1 heterocycles. The van der Waals surface area contributed by atoms with E-state index in [9.17, 15) is 4.79 Å². The Hall–Kier alpha value is -0.320. The second-order valence-electron chi connectivity index (χ2n) is 4.72. The smallest absolute Gasteiger partial charge is 0.250 e. The van der Waals surface area contributed by atoms with Crippen molar-refractivity contribution in [2.45, 2.75) is 45.8 Å². The lowest BCUT2D eigenvalue weighted by Gasteiger charge is -2.25. The molecule has 3 unspecified atom stereocenters. The lowest BCUT2D eigenvalue weighted by atomic mass is 10.0. The van der Waals surface area contributed by atoms with Crippen LogP contribution in [0.4, 0.5) is 0 Å². The molecule has 0 saturated carbocycles. The van der Waals surface area contributed by atoms with Gasteiger partial charge in [-0.05, 0) is 19.3 Å². The molecule has 1 fully saturated rings. The summed E-state index contributed by atoms with van der Waals surface area (Å²) >= 11 is 0. The monoisotopic (exact) mass is 264 g/mol. The number of morpholine rings is 1. The molecule has 0 aromatic heterocycles. The molecule has 17 heavy (non-hydrogen) atoms. The fourth-order valence-electron chi connectivity index (χ4n) is 1.90. The van der Waals surface area contributed by atoms with Gasteiger partial charge in [0.25, 0.3) is 5.91 Å². The van der Waals surface area contributed by atoms with Gasteiger partial charge in [-0.3, -0.25) is 4.79 Å². The van der Waals surface area contributed by atoms with Crippen LogP contribution in [0.5, 0.6) is 0 Å². The summed E-state index contributed by atoms with van der Waals surface area (Å²) in [5.41, 5.74) is 0. The zero-order valence-electron chi connectivity index (χ0n) is 11.0. The maximum Gasteiger partial charge on any atom is 0.250 e. The molecule has 2 N–H and O–H groups in total. The van der Waals surface area contributed by atoms with Crippen LogP contribution in [-0.2, 0) is 9.53 Å². The molecule has 0 spiro atoms. The molecule has 102 valence electrons. The van der Waals surface area contributed by atoms with E-state index in [1.165, 1.54) is 0 Å². The van der Waals surface area contributed by atoms with E-state index in [0.29, 0.717) is 19.1 Å². The lowest BCUT2D eigenvalue weighted by Crippen LogP contribution is -2.49. The second kappa shape index (κ2) is 8.72. The van der Waals surface area contributed by atoms with E-state index in [-0.39, 0.29) is 30.5 Å². The number of nitrogens with one attached hydrogen (secondary N) is 2. The van der Waals surface area contributed by atoms with E-state index in [2.05, 4.69) is 31.4 Å². The van der Waals surface area contributed by atoms with Crippen molar-refractivity contribution in [1.29, 1.82) is 0 Å². The Kier molecular flexibility index (Phi) is 8.56. The Morgan fingerprint density at radius 1 is 1.53 bits per heavy atom. The van der Waals surface area contributed by atoms with Crippen molar-refractivity contribution in [3.8, 4) is 0 Å². The summed E-state index contributed by atoms with van der Waals surface area (Å²) in [6.45, 7) is 8.53. The minimum Gasteiger partial charge on any atom is -0.366 e. The Morgan fingerprint density at radius 3 is 2.76 bits per heavy atom. The van der Waals surface area contributed by atoms with Crippen LogP contribution in [0.2, 0.25) is 0 Å². The Morgan fingerprint density at radius 2 is 2.24 bits per heavy atom. The molecule has 0 aromatic rings. The van der Waals surface area contributed by atoms with Gasteiger partial charge in [0.05, 0.1) is 6.61 Å². The normalized spacial score (nSPS) is 23.4. The summed E-state index contributed by atoms with van der Waals surface area (Å²) in [5.74, 6) is 0.670. The highest BCUT2D eigenvalue weighted by Gasteiger charge is 2.22. The summed E-state index contributed by atoms with van der Waals surface area (Å²) in [6.07, 6.45) is 1.87. The van der Waals surface area contributed by atoms with E-state index in [1.807, 2.05) is 0 Å². The van der Waals surface area contributed by atoms with E-state index in [4.69, 9.17) is 4.74 Å². The van der Waals surface area contributed by atoms with Gasteiger partial charge in [0.1, 0.15) is 6.10 Å². The van der Waals surface area contributed by atoms with Crippen molar-refractivity contribution in [1.82, 2.24) is 10.6 Å². The number of amides is 1. The van der Waals surface area contributed by atoms with E-state index >= 15 is 0 Å². The predicted octanol–water partition coefficient (Wildman–Crippen LogP) is 1.34. The fourth-order valence-corrected chi connectivity index (χ4v) is 1.90. The third-order valence-corrected chi connectivity index (χ3v) is 3.06. The van der Waals surface area contributed by atoms with Crippen molar-refractivity contribution in [2.24, 2.45) is 5.92 Å². The molecule has 3 atom stereocenters. The minimum absolute atomic E-state index is 0. The molecule has 4 nitrogen and oxygen atoms in total. The van der Waals surface area contributed by atoms with Crippen molar-refractivity contribution in [2.75, 3.05) is 19.7 Å². The first-order valence-corrected chi connectivity index (χ1v) is 6.26. The van der Waals surface area contributed by atoms with Gasteiger partial charge in [-0.2, -0.15) is 0 Å². The number of carbonyl (C=O) groups excluding carboxylic acids is 1. The number of halogens is 1. The number of rotatable bonds is 5. The summed E-state index contributed by atoms with van der Waals surface area (Å²) < 4.78 is 5.40. The van der Waals surface area contributed by atoms with Gasteiger partial charge in [0.2, 0.25) is 0 Å². The third-order valence-electron chi connectivity index (χ3n) is 3.06. The largest absolute Gasteiger partial charge is 0.366 e. The Bertz CT molecular complexity index is 221. The molecule has 0 bridgehead atoms. The van der Waals surface area contributed by atoms with E-state index in [1.54, 1.807) is 0 Å². The van der Waals surface area contributed by atoms with Crippen molar-refractivity contribution in [3.05, 3.63) is 0 Å². The molecular formula is C12H25ClN2O2. The topological polar surface area (TPSA) is 50.4 Å². The highest BCUT2D eigenvalue weighted by atomic mass is 35.5. The zero-order chi connectivity index (χ0) is 12.0. The standard InChI is InChI=1S/C12H24N2O2.ClH/c1-4-9(2)7-10(3)14-12(15)11-8-13-5-6-16-11;/h9-11,13H,4-8H2,1-3H3,(H,14,15);1H. The van der Waals surface area contributed by atoms with Gasteiger partial charge in [0, 0.05) is 19.1 Å². The zero-order valence-corrected chi connectivity index (χ0v) is 11.8. The van der Waals surface area contributed by atoms with Gasteiger partial charge in [-0.1, -0.05) is 20.3 Å². The second-order valence-corrected chi connectivity index (χ2v) is 4.72. The first-order valence-electron chi connectivity index (χ1n) is 6.26. The fraction of sp³-hybridized carbons (Fsp3) is 0.917. The summed E-state index contributed by atoms with van der Waals surface area (Å²) in [4.78, 5) is 11.8. The molecule has 5 heteroatoms. The maximum absolute atomic E-state index is 11.8. The van der Waals surface area contributed by atoms with Crippen LogP contribution in [-0.4, -0.2) is 37.7 Å². The van der Waals surface area contributed by atoms with Crippen molar-refractivity contribution >= 4 is 18.3 Å². The van der Waals surface area contributed by atoms with Crippen molar-refractivity contribution < 1.29 is 9.53 Å². The average Bonchev–Trinajstić information content (AvgIpc) is 2.29. The summed E-state index contributed by atoms with van der Waals surface area (Å²) in [5, 5.41) is 6.17. The third kappa shape index (κ3) is 6.24. The lowest BCUT2D eigenvalue weighted by molar-refractivity contribution is -0.134. The number of hydrogen-bond acceptors (Lipinski definition) is 3. The van der Waals surface area contributed by atoms with Gasteiger partial charge >= 0.3 is 0 Å². The number of carbonyl (C=O) groups is 1. The summed E-state index contributed by atoms with van der Waals surface area (Å²) in [7, 11) is 0. The maximum atomic E-state index is 11.8. The quantitative estimate of drug-likeness (QED) is 0.788. The Labute approximate surface area is 110 Å². The first-order chi connectivity index (χ1) is 7.63.